The van der Waals surface area contributed by atoms with Gasteiger partial charge in [-0.05, 0) is 34.4 Å². The summed E-state index contributed by atoms with van der Waals surface area (Å²) in [5.41, 5.74) is 4.71. The van der Waals surface area contributed by atoms with E-state index >= 15 is 0 Å². The lowest BCUT2D eigenvalue weighted by molar-refractivity contribution is 1.54. The van der Waals surface area contributed by atoms with Crippen LogP contribution < -0.4 is 0 Å². The van der Waals surface area contributed by atoms with Crippen LogP contribution in [0.15, 0.2) is 84.9 Å². The Labute approximate surface area is 120 Å². The number of hydrogen-bond donors (Lipinski definition) is 0. The van der Waals surface area contributed by atoms with Crippen LogP contribution >= 0.6 is 0 Å². The van der Waals surface area contributed by atoms with E-state index in [1.165, 1.54) is 16.7 Å². The molecule has 95 valence electrons. The van der Waals surface area contributed by atoms with Crippen LogP contribution in [0.2, 0.25) is 0 Å². The molecule has 0 atom stereocenters. The Kier molecular flexibility index (Phi) is 3.75. The Hall–Kier alpha value is -2.60. The third-order valence-electron chi connectivity index (χ3n) is 3.19. The second-order valence-electron chi connectivity index (χ2n) is 4.61. The fraction of sp³-hybridized carbons (Fsp3) is 0. The van der Waals surface area contributed by atoms with Gasteiger partial charge >= 0.3 is 0 Å². The normalized spacial score (nSPS) is 11.3. The van der Waals surface area contributed by atoms with Crippen LogP contribution in [0.25, 0.3) is 11.6 Å². The van der Waals surface area contributed by atoms with Gasteiger partial charge in [0.1, 0.15) is 0 Å². The molecular weight excluding hydrogens is 240 g/mol. The maximum absolute atomic E-state index is 3.32. The van der Waals surface area contributed by atoms with E-state index in [-0.39, 0.29) is 0 Å². The van der Waals surface area contributed by atoms with Crippen molar-refractivity contribution in [3.8, 4) is 0 Å². The molecule has 0 aliphatic carbocycles. The van der Waals surface area contributed by atoms with Crippen molar-refractivity contribution < 1.29 is 0 Å². The molecule has 0 saturated heterocycles. The molecule has 0 aliphatic rings. The van der Waals surface area contributed by atoms with Gasteiger partial charge in [0, 0.05) is 0 Å². The largest absolute Gasteiger partial charge is 0.0622 e. The molecule has 0 aromatic heterocycles. The molecule has 1 radical (unpaired) electrons. The van der Waals surface area contributed by atoms with Crippen LogP contribution in [0.3, 0.4) is 0 Å². The lowest BCUT2D eigenvalue weighted by Crippen LogP contribution is -1.88. The van der Waals surface area contributed by atoms with Crippen LogP contribution in [0, 0.1) is 6.07 Å². The van der Waals surface area contributed by atoms with E-state index in [4.69, 9.17) is 0 Å². The molecule has 0 spiro atoms. The number of benzene rings is 3. The zero-order valence-electron chi connectivity index (χ0n) is 11.2. The van der Waals surface area contributed by atoms with Crippen molar-refractivity contribution in [3.63, 3.8) is 0 Å². The van der Waals surface area contributed by atoms with Crippen molar-refractivity contribution in [1.82, 2.24) is 0 Å². The first kappa shape index (κ1) is 12.4. The molecule has 0 heteroatoms. The third kappa shape index (κ3) is 2.86. The fourth-order valence-corrected chi connectivity index (χ4v) is 2.21. The highest BCUT2D eigenvalue weighted by Gasteiger charge is 2.04. The molecule has 0 N–H and O–H groups in total. The monoisotopic (exact) mass is 255 g/mol. The van der Waals surface area contributed by atoms with E-state index < -0.39 is 0 Å². The van der Waals surface area contributed by atoms with Gasteiger partial charge in [0.05, 0.1) is 0 Å². The summed E-state index contributed by atoms with van der Waals surface area (Å²) in [5, 5.41) is 0. The zero-order chi connectivity index (χ0) is 13.6. The Morgan fingerprint density at radius 2 is 1.35 bits per heavy atom. The van der Waals surface area contributed by atoms with Gasteiger partial charge in [0.2, 0.25) is 0 Å². The van der Waals surface area contributed by atoms with Gasteiger partial charge in [-0.1, -0.05) is 84.9 Å². The first-order valence-electron chi connectivity index (χ1n) is 6.73. The minimum atomic E-state index is 1.11. The molecule has 3 aromatic carbocycles. The molecule has 0 fully saturated rings. The maximum Gasteiger partial charge on any atom is -0.00990 e. The topological polar surface area (TPSA) is 0 Å². The van der Waals surface area contributed by atoms with Gasteiger partial charge in [-0.25, -0.2) is 0 Å². The van der Waals surface area contributed by atoms with Crippen LogP contribution in [-0.4, -0.2) is 0 Å². The Morgan fingerprint density at radius 1 is 0.700 bits per heavy atom. The van der Waals surface area contributed by atoms with Crippen LogP contribution in [0.4, 0.5) is 0 Å². The van der Waals surface area contributed by atoms with E-state index in [1.807, 2.05) is 30.3 Å². The van der Waals surface area contributed by atoms with Gasteiger partial charge in [-0.3, -0.25) is 0 Å². The molecule has 3 aromatic rings. The number of hydrogen-bond acceptors (Lipinski definition) is 0. The van der Waals surface area contributed by atoms with Crippen molar-refractivity contribution in [1.29, 1.82) is 0 Å². The van der Waals surface area contributed by atoms with Crippen molar-refractivity contribution in [2.24, 2.45) is 0 Å². The van der Waals surface area contributed by atoms with Crippen LogP contribution in [0.5, 0.6) is 0 Å². The highest BCUT2D eigenvalue weighted by Crippen LogP contribution is 2.25. The molecule has 0 bridgehead atoms. The van der Waals surface area contributed by atoms with E-state index in [0.717, 1.165) is 5.56 Å². The van der Waals surface area contributed by atoms with Crippen molar-refractivity contribution in [2.75, 3.05) is 0 Å². The summed E-state index contributed by atoms with van der Waals surface area (Å²) in [7, 11) is 0. The fourth-order valence-electron chi connectivity index (χ4n) is 2.21. The summed E-state index contributed by atoms with van der Waals surface area (Å²) in [6.07, 6.45) is 2.21. The second-order valence-corrected chi connectivity index (χ2v) is 4.61. The summed E-state index contributed by atoms with van der Waals surface area (Å²) in [5.74, 6) is 0. The predicted octanol–water partition coefficient (Wildman–Crippen LogP) is 5.08. The Bertz CT molecular complexity index is 638. The molecule has 0 nitrogen and oxygen atoms in total. The SMILES string of the molecule is [c]1ccccc1C(=Cc1ccccc1)c1ccccc1. The Morgan fingerprint density at radius 3 is 2.00 bits per heavy atom. The first-order valence-corrected chi connectivity index (χ1v) is 6.73. The van der Waals surface area contributed by atoms with Gasteiger partial charge in [-0.2, -0.15) is 0 Å². The van der Waals surface area contributed by atoms with E-state index in [0.29, 0.717) is 0 Å². The average molecular weight is 255 g/mol. The second kappa shape index (κ2) is 6.03. The molecule has 0 heterocycles. The van der Waals surface area contributed by atoms with Crippen molar-refractivity contribution >= 4 is 11.6 Å². The summed E-state index contributed by atoms with van der Waals surface area (Å²) >= 11 is 0. The van der Waals surface area contributed by atoms with Crippen molar-refractivity contribution in [2.45, 2.75) is 0 Å². The predicted molar refractivity (Wildman–Crippen MR) is 85.1 cm³/mol. The molecular formula is C20H15. The molecule has 0 aliphatic heterocycles. The molecule has 0 amide bonds. The van der Waals surface area contributed by atoms with E-state index in [2.05, 4.69) is 66.7 Å². The maximum atomic E-state index is 3.32. The highest BCUT2D eigenvalue weighted by molar-refractivity contribution is 5.91. The van der Waals surface area contributed by atoms with E-state index in [9.17, 15) is 0 Å². The molecule has 3 rings (SSSR count). The highest BCUT2D eigenvalue weighted by atomic mass is 14.1. The van der Waals surface area contributed by atoms with Crippen molar-refractivity contribution in [3.05, 3.63) is 108 Å². The summed E-state index contributed by atoms with van der Waals surface area (Å²) in [4.78, 5) is 0. The van der Waals surface area contributed by atoms with E-state index in [1.54, 1.807) is 0 Å². The van der Waals surface area contributed by atoms with Gasteiger partial charge in [0.25, 0.3) is 0 Å². The molecule has 0 unspecified atom stereocenters. The first-order chi connectivity index (χ1) is 9.93. The summed E-state index contributed by atoms with van der Waals surface area (Å²) < 4.78 is 0. The average Bonchev–Trinajstić information content (AvgIpc) is 2.55. The smallest absolute Gasteiger partial charge is 0.00990 e. The minimum Gasteiger partial charge on any atom is -0.0622 e. The summed E-state index contributed by atoms with van der Waals surface area (Å²) in [6, 6.07) is 32.2. The standard InChI is InChI=1S/C20H15/c1-4-10-17(11-5-1)16-20(18-12-6-2-7-13-18)19-14-8-3-9-15-19/h1-14,16H. The molecule has 20 heavy (non-hydrogen) atoms. The number of rotatable bonds is 3. The summed E-state index contributed by atoms with van der Waals surface area (Å²) in [6.45, 7) is 0. The lowest BCUT2D eigenvalue weighted by atomic mass is 9.96. The van der Waals surface area contributed by atoms with Gasteiger partial charge < -0.3 is 0 Å². The van der Waals surface area contributed by atoms with Crippen LogP contribution in [-0.2, 0) is 0 Å². The Balaban J connectivity index is 2.12. The van der Waals surface area contributed by atoms with Gasteiger partial charge in [-0.15, -0.1) is 0 Å². The quantitative estimate of drug-likeness (QED) is 0.573. The van der Waals surface area contributed by atoms with Gasteiger partial charge in [0.15, 0.2) is 0 Å². The lowest BCUT2D eigenvalue weighted by Gasteiger charge is -2.08. The minimum absolute atomic E-state index is 1.11. The zero-order valence-corrected chi connectivity index (χ0v) is 11.2. The molecule has 0 saturated carbocycles. The third-order valence-corrected chi connectivity index (χ3v) is 3.19. The van der Waals surface area contributed by atoms with Crippen LogP contribution in [0.1, 0.15) is 16.7 Å².